The van der Waals surface area contributed by atoms with Gasteiger partial charge in [-0.15, -0.1) is 0 Å². The summed E-state index contributed by atoms with van der Waals surface area (Å²) in [5, 5.41) is 0.684. The lowest BCUT2D eigenvalue weighted by atomic mass is 10.1. The Morgan fingerprint density at radius 2 is 1.85 bits per heavy atom. The Bertz CT molecular complexity index is 796. The van der Waals surface area contributed by atoms with Gasteiger partial charge in [-0.25, -0.2) is 0 Å². The second-order valence-corrected chi connectivity index (χ2v) is 7.89. The van der Waals surface area contributed by atoms with Gasteiger partial charge in [0.05, 0.1) is 12.5 Å². The molecule has 0 radical (unpaired) electrons. The lowest BCUT2D eigenvalue weighted by Crippen LogP contribution is -2.43. The highest BCUT2D eigenvalue weighted by Crippen LogP contribution is 2.30. The van der Waals surface area contributed by atoms with Gasteiger partial charge in [-0.3, -0.25) is 9.59 Å². The van der Waals surface area contributed by atoms with Crippen molar-refractivity contribution in [3.05, 3.63) is 64.7 Å². The summed E-state index contributed by atoms with van der Waals surface area (Å²) in [6, 6.07) is 14.7. The van der Waals surface area contributed by atoms with Crippen molar-refractivity contribution >= 4 is 35.2 Å². The molecule has 1 unspecified atom stereocenters. The Balaban J connectivity index is 1.61. The van der Waals surface area contributed by atoms with Gasteiger partial charge in [-0.05, 0) is 35.4 Å². The maximum Gasteiger partial charge on any atom is 0.261 e. The molecule has 0 aliphatic carbocycles. The second kappa shape index (κ2) is 9.15. The van der Waals surface area contributed by atoms with E-state index in [2.05, 4.69) is 0 Å². The highest BCUT2D eigenvalue weighted by Gasteiger charge is 2.28. The number of thioether (sulfide) groups is 1. The fourth-order valence-electron chi connectivity index (χ4n) is 3.00. The third kappa shape index (κ3) is 5.40. The third-order valence-electron chi connectivity index (χ3n) is 4.37. The maximum absolute atomic E-state index is 12.7. The molecule has 3 rings (SSSR count). The van der Waals surface area contributed by atoms with Gasteiger partial charge < -0.3 is 15.4 Å². The van der Waals surface area contributed by atoms with Crippen molar-refractivity contribution in [1.29, 1.82) is 0 Å². The van der Waals surface area contributed by atoms with E-state index in [9.17, 15) is 9.59 Å². The fourth-order valence-corrected chi connectivity index (χ4v) is 4.21. The van der Waals surface area contributed by atoms with Crippen LogP contribution in [-0.4, -0.2) is 41.4 Å². The van der Waals surface area contributed by atoms with Crippen molar-refractivity contribution in [2.75, 3.05) is 24.7 Å². The van der Waals surface area contributed by atoms with Crippen LogP contribution >= 0.6 is 23.4 Å². The summed E-state index contributed by atoms with van der Waals surface area (Å²) < 4.78 is 5.65. The molecule has 2 aromatic carbocycles. The minimum absolute atomic E-state index is 0.0232. The molecule has 1 heterocycles. The molecule has 27 heavy (non-hydrogen) atoms. The average molecular weight is 405 g/mol. The molecule has 1 aliphatic rings. The molecule has 7 heteroatoms. The number of primary amides is 1. The van der Waals surface area contributed by atoms with E-state index in [0.717, 1.165) is 22.6 Å². The zero-order valence-electron chi connectivity index (χ0n) is 14.8. The van der Waals surface area contributed by atoms with Crippen molar-refractivity contribution in [2.45, 2.75) is 12.5 Å². The molecule has 1 atom stereocenters. The van der Waals surface area contributed by atoms with E-state index < -0.39 is 0 Å². The van der Waals surface area contributed by atoms with Crippen molar-refractivity contribution in [3.63, 3.8) is 0 Å². The predicted octanol–water partition coefficient (Wildman–Crippen LogP) is 3.06. The van der Waals surface area contributed by atoms with Gasteiger partial charge in [0.25, 0.3) is 5.91 Å². The summed E-state index contributed by atoms with van der Waals surface area (Å²) in [4.78, 5) is 25.6. The van der Waals surface area contributed by atoms with Crippen LogP contribution in [0.4, 0.5) is 0 Å². The van der Waals surface area contributed by atoms with Crippen LogP contribution in [0.1, 0.15) is 17.2 Å². The van der Waals surface area contributed by atoms with Gasteiger partial charge in [-0.1, -0.05) is 35.9 Å². The predicted molar refractivity (Wildman–Crippen MR) is 108 cm³/mol. The minimum atomic E-state index is -0.380. The molecule has 1 saturated heterocycles. The summed E-state index contributed by atoms with van der Waals surface area (Å²) in [6.07, 6.45) is 0.188. The van der Waals surface area contributed by atoms with E-state index in [1.54, 1.807) is 24.3 Å². The van der Waals surface area contributed by atoms with E-state index in [1.807, 2.05) is 40.9 Å². The zero-order chi connectivity index (χ0) is 19.2. The Morgan fingerprint density at radius 1 is 1.15 bits per heavy atom. The van der Waals surface area contributed by atoms with Crippen molar-refractivity contribution < 1.29 is 14.3 Å². The quantitative estimate of drug-likeness (QED) is 0.803. The molecule has 2 amide bonds. The molecule has 2 aromatic rings. The van der Waals surface area contributed by atoms with Crippen LogP contribution in [0.3, 0.4) is 0 Å². The Labute approximate surface area is 167 Å². The Kier molecular flexibility index (Phi) is 6.63. The monoisotopic (exact) mass is 404 g/mol. The Hall–Kier alpha value is -2.18. The molecule has 5 nitrogen and oxygen atoms in total. The van der Waals surface area contributed by atoms with Gasteiger partial charge in [-0.2, -0.15) is 11.8 Å². The molecule has 2 N–H and O–H groups in total. The summed E-state index contributed by atoms with van der Waals surface area (Å²) in [7, 11) is 0. The van der Waals surface area contributed by atoms with Crippen LogP contribution in [-0.2, 0) is 16.0 Å². The van der Waals surface area contributed by atoms with Crippen molar-refractivity contribution in [2.24, 2.45) is 5.73 Å². The van der Waals surface area contributed by atoms with Gasteiger partial charge >= 0.3 is 0 Å². The number of nitrogens with two attached hydrogens (primary N) is 1. The number of benzene rings is 2. The number of amides is 2. The van der Waals surface area contributed by atoms with Gasteiger partial charge in [0, 0.05) is 23.1 Å². The lowest BCUT2D eigenvalue weighted by Gasteiger charge is -2.35. The first-order valence-electron chi connectivity index (χ1n) is 8.65. The number of carbonyl (C=O) groups is 2. The van der Waals surface area contributed by atoms with Crippen molar-refractivity contribution in [3.8, 4) is 5.75 Å². The first-order chi connectivity index (χ1) is 13.0. The highest BCUT2D eigenvalue weighted by atomic mass is 35.5. The standard InChI is InChI=1S/C20H21ClN2O3S/c21-16-5-3-15(4-6-16)18-13-27-10-9-23(18)20(25)12-26-17-7-1-14(2-8-17)11-19(22)24/h1-8,18H,9-13H2,(H2,22,24). The second-order valence-electron chi connectivity index (χ2n) is 6.31. The highest BCUT2D eigenvalue weighted by molar-refractivity contribution is 7.99. The summed E-state index contributed by atoms with van der Waals surface area (Å²) in [5.41, 5.74) is 7.08. The normalized spacial score (nSPS) is 16.8. The molecule has 0 bridgehead atoms. The van der Waals surface area contributed by atoms with Gasteiger partial charge in [0.15, 0.2) is 6.61 Å². The molecule has 1 fully saturated rings. The number of hydrogen-bond donors (Lipinski definition) is 1. The summed E-state index contributed by atoms with van der Waals surface area (Å²) in [5.74, 6) is 1.94. The van der Waals surface area contributed by atoms with Crippen LogP contribution < -0.4 is 10.5 Å². The number of ether oxygens (including phenoxy) is 1. The summed E-state index contributed by atoms with van der Waals surface area (Å²) in [6.45, 7) is 0.668. The summed E-state index contributed by atoms with van der Waals surface area (Å²) >= 11 is 7.81. The number of nitrogens with zero attached hydrogens (tertiary/aromatic N) is 1. The minimum Gasteiger partial charge on any atom is -0.484 e. The lowest BCUT2D eigenvalue weighted by molar-refractivity contribution is -0.135. The van der Waals surface area contributed by atoms with Gasteiger partial charge in [0.1, 0.15) is 5.75 Å². The molecule has 1 aliphatic heterocycles. The Morgan fingerprint density at radius 3 is 2.52 bits per heavy atom. The van der Waals surface area contributed by atoms with Crippen LogP contribution in [0.5, 0.6) is 5.75 Å². The van der Waals surface area contributed by atoms with Crippen LogP contribution in [0.15, 0.2) is 48.5 Å². The number of carbonyl (C=O) groups excluding carboxylic acids is 2. The molecule has 142 valence electrons. The number of halogens is 1. The average Bonchev–Trinajstić information content (AvgIpc) is 2.67. The molecular formula is C20H21ClN2O3S. The molecule has 0 spiro atoms. The van der Waals surface area contributed by atoms with Crippen LogP contribution in [0.2, 0.25) is 5.02 Å². The smallest absolute Gasteiger partial charge is 0.261 e. The third-order valence-corrected chi connectivity index (χ3v) is 5.64. The fraction of sp³-hybridized carbons (Fsp3) is 0.300. The first-order valence-corrected chi connectivity index (χ1v) is 10.2. The molecular weight excluding hydrogens is 384 g/mol. The van der Waals surface area contributed by atoms with Gasteiger partial charge in [0.2, 0.25) is 5.91 Å². The van der Waals surface area contributed by atoms with Crippen molar-refractivity contribution in [1.82, 2.24) is 4.90 Å². The first kappa shape index (κ1) is 19.6. The topological polar surface area (TPSA) is 72.6 Å². The number of hydrogen-bond acceptors (Lipinski definition) is 4. The SMILES string of the molecule is NC(=O)Cc1ccc(OCC(=O)N2CCSCC2c2ccc(Cl)cc2)cc1. The van der Waals surface area contributed by atoms with E-state index >= 15 is 0 Å². The molecule has 0 saturated carbocycles. The van der Waals surface area contributed by atoms with Crippen LogP contribution in [0.25, 0.3) is 0 Å². The number of rotatable bonds is 6. The van der Waals surface area contributed by atoms with E-state index in [1.165, 1.54) is 0 Å². The van der Waals surface area contributed by atoms with E-state index in [0.29, 0.717) is 17.3 Å². The largest absolute Gasteiger partial charge is 0.484 e. The van der Waals surface area contributed by atoms with E-state index in [4.69, 9.17) is 22.1 Å². The molecule has 0 aromatic heterocycles. The van der Waals surface area contributed by atoms with E-state index in [-0.39, 0.29) is 30.9 Å². The maximum atomic E-state index is 12.7. The van der Waals surface area contributed by atoms with Crippen LogP contribution in [0, 0.1) is 0 Å². The zero-order valence-corrected chi connectivity index (χ0v) is 16.3.